The first-order valence-corrected chi connectivity index (χ1v) is 5.63. The van der Waals surface area contributed by atoms with E-state index in [1.807, 2.05) is 0 Å². The van der Waals surface area contributed by atoms with Crippen LogP contribution < -0.4 is 0 Å². The van der Waals surface area contributed by atoms with Crippen LogP contribution in [0.4, 0.5) is 0 Å². The Morgan fingerprint density at radius 3 is 2.00 bits per heavy atom. The Hall–Kier alpha value is -1.50. The smallest absolute Gasteiger partial charge is 0.224 e. The lowest BCUT2D eigenvalue weighted by molar-refractivity contribution is -0.561. The lowest BCUT2D eigenvalue weighted by atomic mass is 9.93. The zero-order valence-electron chi connectivity index (χ0n) is 8.90. The molecule has 0 aliphatic heterocycles. The first-order chi connectivity index (χ1) is 7.45. The average Bonchev–Trinajstić information content (AvgIpc) is 2.70. The Morgan fingerprint density at radius 1 is 1.19 bits per heavy atom. The van der Waals surface area contributed by atoms with Gasteiger partial charge in [0.2, 0.25) is 12.1 Å². The molecule has 0 aliphatic rings. The monoisotopic (exact) mass is 244 g/mol. The maximum Gasteiger partial charge on any atom is 0.224 e. The topological polar surface area (TPSA) is 86.3 Å². The minimum atomic E-state index is -0.959. The molecule has 0 N–H and O–H groups in total. The van der Waals surface area contributed by atoms with E-state index in [1.54, 1.807) is 17.5 Å². The molecule has 0 aliphatic carbocycles. The molecule has 0 aromatic carbocycles. The lowest BCUT2D eigenvalue weighted by Gasteiger charge is -2.17. The molecule has 0 saturated carbocycles. The molecule has 1 aromatic heterocycles. The SMILES string of the molecule is C[C@H](C(c1cccs1)[C@@H](C)[N+](=O)[O-])[N+](=O)[O-]. The minimum Gasteiger partial charge on any atom is -0.264 e. The number of rotatable bonds is 5. The molecule has 7 heteroatoms. The summed E-state index contributed by atoms with van der Waals surface area (Å²) in [5, 5.41) is 23.3. The fraction of sp³-hybridized carbons (Fsp3) is 0.556. The number of nitro groups is 2. The molecule has 6 nitrogen and oxygen atoms in total. The van der Waals surface area contributed by atoms with Gasteiger partial charge in [-0.25, -0.2) is 0 Å². The summed E-state index contributed by atoms with van der Waals surface area (Å²) in [5.41, 5.74) is 0. The summed E-state index contributed by atoms with van der Waals surface area (Å²) in [6.45, 7) is 2.81. The molecule has 0 spiro atoms. The van der Waals surface area contributed by atoms with Crippen molar-refractivity contribution in [2.24, 2.45) is 0 Å². The second-order valence-electron chi connectivity index (χ2n) is 3.59. The standard InChI is InChI=1S/C9H12N2O4S/c1-6(10(12)13)9(7(2)11(14)15)8-4-3-5-16-8/h3-7,9H,1-2H3/t6-,7-/m1/s1. The third-order valence-electron chi connectivity index (χ3n) is 2.58. The molecule has 0 radical (unpaired) electrons. The van der Waals surface area contributed by atoms with Gasteiger partial charge in [-0.3, -0.25) is 20.2 Å². The predicted octanol–water partition coefficient (Wildman–Crippen LogP) is 2.16. The summed E-state index contributed by atoms with van der Waals surface area (Å²) in [4.78, 5) is 21.3. The van der Waals surface area contributed by atoms with Crippen molar-refractivity contribution in [3.05, 3.63) is 42.6 Å². The van der Waals surface area contributed by atoms with E-state index in [2.05, 4.69) is 0 Å². The van der Waals surface area contributed by atoms with E-state index in [1.165, 1.54) is 25.2 Å². The molecule has 2 atom stereocenters. The molecule has 0 bridgehead atoms. The van der Waals surface area contributed by atoms with Crippen molar-refractivity contribution in [1.82, 2.24) is 0 Å². The van der Waals surface area contributed by atoms with Crippen LogP contribution in [-0.2, 0) is 0 Å². The predicted molar refractivity (Wildman–Crippen MR) is 60.0 cm³/mol. The van der Waals surface area contributed by atoms with E-state index < -0.39 is 27.8 Å². The molecule has 0 amide bonds. The van der Waals surface area contributed by atoms with Crippen molar-refractivity contribution in [3.63, 3.8) is 0 Å². The number of thiophene rings is 1. The summed E-state index contributed by atoms with van der Waals surface area (Å²) < 4.78 is 0. The summed E-state index contributed by atoms with van der Waals surface area (Å²) in [5.74, 6) is -0.676. The van der Waals surface area contributed by atoms with Gasteiger partial charge in [0.05, 0.1) is 0 Å². The van der Waals surface area contributed by atoms with Crippen LogP contribution in [0.25, 0.3) is 0 Å². The van der Waals surface area contributed by atoms with Crippen LogP contribution in [0.2, 0.25) is 0 Å². The van der Waals surface area contributed by atoms with Crippen molar-refractivity contribution in [3.8, 4) is 0 Å². The van der Waals surface area contributed by atoms with Crippen molar-refractivity contribution in [2.45, 2.75) is 31.8 Å². The van der Waals surface area contributed by atoms with Crippen LogP contribution in [0, 0.1) is 20.2 Å². The molecule has 0 saturated heterocycles. The second kappa shape index (κ2) is 5.02. The van der Waals surface area contributed by atoms with Gasteiger partial charge in [0, 0.05) is 28.6 Å². The third-order valence-corrected chi connectivity index (χ3v) is 3.55. The van der Waals surface area contributed by atoms with Crippen LogP contribution in [0.1, 0.15) is 24.6 Å². The van der Waals surface area contributed by atoms with Gasteiger partial charge in [-0.05, 0) is 11.4 Å². The van der Waals surface area contributed by atoms with Gasteiger partial charge in [0.1, 0.15) is 5.92 Å². The first-order valence-electron chi connectivity index (χ1n) is 4.75. The van der Waals surface area contributed by atoms with Gasteiger partial charge in [-0.2, -0.15) is 0 Å². The van der Waals surface area contributed by atoms with E-state index in [0.717, 1.165) is 0 Å². The summed E-state index contributed by atoms with van der Waals surface area (Å²) >= 11 is 1.31. The number of hydrogen-bond acceptors (Lipinski definition) is 5. The molecule has 1 aromatic rings. The highest BCUT2D eigenvalue weighted by molar-refractivity contribution is 7.10. The lowest BCUT2D eigenvalue weighted by Crippen LogP contribution is -2.35. The van der Waals surface area contributed by atoms with Gasteiger partial charge in [-0.15, -0.1) is 11.3 Å². The van der Waals surface area contributed by atoms with Crippen molar-refractivity contribution in [1.29, 1.82) is 0 Å². The normalized spacial score (nSPS) is 14.7. The Labute approximate surface area is 96.2 Å². The molecule has 16 heavy (non-hydrogen) atoms. The zero-order chi connectivity index (χ0) is 12.3. The molecular weight excluding hydrogens is 232 g/mol. The van der Waals surface area contributed by atoms with Crippen LogP contribution in [0.3, 0.4) is 0 Å². The highest BCUT2D eigenvalue weighted by atomic mass is 32.1. The van der Waals surface area contributed by atoms with Crippen molar-refractivity contribution in [2.75, 3.05) is 0 Å². The molecule has 1 heterocycles. The van der Waals surface area contributed by atoms with Gasteiger partial charge in [0.15, 0.2) is 0 Å². The molecule has 0 fully saturated rings. The second-order valence-corrected chi connectivity index (χ2v) is 4.57. The Morgan fingerprint density at radius 2 is 1.69 bits per heavy atom. The van der Waals surface area contributed by atoms with Gasteiger partial charge in [0.25, 0.3) is 0 Å². The van der Waals surface area contributed by atoms with Crippen LogP contribution in [0.15, 0.2) is 17.5 Å². The van der Waals surface area contributed by atoms with E-state index in [4.69, 9.17) is 0 Å². The molecule has 88 valence electrons. The highest BCUT2D eigenvalue weighted by Gasteiger charge is 2.40. The fourth-order valence-corrected chi connectivity index (χ4v) is 2.64. The summed E-state index contributed by atoms with van der Waals surface area (Å²) in [6.07, 6.45) is 0. The zero-order valence-corrected chi connectivity index (χ0v) is 9.72. The van der Waals surface area contributed by atoms with E-state index in [-0.39, 0.29) is 0 Å². The van der Waals surface area contributed by atoms with E-state index in [0.29, 0.717) is 4.88 Å². The first kappa shape index (κ1) is 12.6. The Kier molecular flexibility index (Phi) is 3.94. The fourth-order valence-electron chi connectivity index (χ4n) is 1.62. The molecular formula is C9H12N2O4S. The van der Waals surface area contributed by atoms with Gasteiger partial charge < -0.3 is 0 Å². The maximum atomic E-state index is 10.8. The van der Waals surface area contributed by atoms with Crippen LogP contribution in [-0.4, -0.2) is 21.9 Å². The molecule has 1 rings (SSSR count). The summed E-state index contributed by atoms with van der Waals surface area (Å²) in [6, 6.07) is 1.53. The Bertz CT molecular complexity index is 359. The van der Waals surface area contributed by atoms with Crippen LogP contribution in [0.5, 0.6) is 0 Å². The maximum absolute atomic E-state index is 10.8. The third kappa shape index (κ3) is 2.54. The van der Waals surface area contributed by atoms with Crippen molar-refractivity contribution >= 4 is 11.3 Å². The van der Waals surface area contributed by atoms with Crippen LogP contribution >= 0.6 is 11.3 Å². The average molecular weight is 244 g/mol. The summed E-state index contributed by atoms with van der Waals surface area (Å²) in [7, 11) is 0. The van der Waals surface area contributed by atoms with Crippen molar-refractivity contribution < 1.29 is 9.85 Å². The Balaban J connectivity index is 3.03. The highest BCUT2D eigenvalue weighted by Crippen LogP contribution is 2.30. The number of nitrogens with zero attached hydrogens (tertiary/aromatic N) is 2. The van der Waals surface area contributed by atoms with E-state index in [9.17, 15) is 20.2 Å². The van der Waals surface area contributed by atoms with Gasteiger partial charge >= 0.3 is 0 Å². The van der Waals surface area contributed by atoms with Gasteiger partial charge in [-0.1, -0.05) is 6.07 Å². The molecule has 0 unspecified atom stereocenters. The number of hydrogen-bond donors (Lipinski definition) is 0. The quantitative estimate of drug-likeness (QED) is 0.586. The van der Waals surface area contributed by atoms with E-state index >= 15 is 0 Å². The largest absolute Gasteiger partial charge is 0.264 e. The minimum absolute atomic E-state index is 0.468.